The number of halogens is 4. The Morgan fingerprint density at radius 1 is 1.35 bits per heavy atom. The third-order valence-electron chi connectivity index (χ3n) is 2.68. The zero-order chi connectivity index (χ0) is 15.1. The molecule has 2 aromatic rings. The van der Waals surface area contributed by atoms with Crippen molar-refractivity contribution in [1.82, 2.24) is 9.55 Å². The molecule has 106 valence electrons. The van der Waals surface area contributed by atoms with Gasteiger partial charge in [-0.2, -0.15) is 13.2 Å². The first-order chi connectivity index (χ1) is 9.21. The van der Waals surface area contributed by atoms with E-state index in [0.29, 0.717) is 0 Å². The standard InChI is InChI=1S/C12H8ClF3N2O2/c1-18-10(17-5-9(19)11(18)20)6-2-3-8(13)7(4-6)12(14,15)16/h2-5,19H,1H3. The summed E-state index contributed by atoms with van der Waals surface area (Å²) in [6, 6.07) is 3.20. The SMILES string of the molecule is Cn1c(-c2ccc(Cl)c(C(F)(F)F)c2)ncc(O)c1=O. The van der Waals surface area contributed by atoms with E-state index in [4.69, 9.17) is 11.6 Å². The molecule has 4 nitrogen and oxygen atoms in total. The molecule has 0 aliphatic carbocycles. The second-order valence-electron chi connectivity index (χ2n) is 4.02. The fourth-order valence-electron chi connectivity index (χ4n) is 1.68. The maximum Gasteiger partial charge on any atom is 0.417 e. The van der Waals surface area contributed by atoms with E-state index in [0.717, 1.165) is 22.9 Å². The second kappa shape index (κ2) is 4.82. The molecule has 0 saturated heterocycles. The van der Waals surface area contributed by atoms with Crippen molar-refractivity contribution in [2.75, 3.05) is 0 Å². The third kappa shape index (κ3) is 2.49. The zero-order valence-corrected chi connectivity index (χ0v) is 10.8. The van der Waals surface area contributed by atoms with Crippen molar-refractivity contribution in [2.45, 2.75) is 6.18 Å². The molecule has 0 unspecified atom stereocenters. The van der Waals surface area contributed by atoms with Crippen LogP contribution in [-0.4, -0.2) is 14.7 Å². The molecule has 8 heteroatoms. The average molecular weight is 305 g/mol. The van der Waals surface area contributed by atoms with Crippen LogP contribution in [0.25, 0.3) is 11.4 Å². The van der Waals surface area contributed by atoms with Crippen molar-refractivity contribution in [3.8, 4) is 17.1 Å². The molecule has 0 radical (unpaired) electrons. The largest absolute Gasteiger partial charge is 0.502 e. The number of aromatic nitrogens is 2. The van der Waals surface area contributed by atoms with Crippen LogP contribution in [0.1, 0.15) is 5.56 Å². The van der Waals surface area contributed by atoms with Crippen molar-refractivity contribution in [1.29, 1.82) is 0 Å². The van der Waals surface area contributed by atoms with Crippen LogP contribution in [-0.2, 0) is 13.2 Å². The Hall–Kier alpha value is -2.02. The van der Waals surface area contributed by atoms with Crippen LogP contribution in [0.5, 0.6) is 5.75 Å². The van der Waals surface area contributed by atoms with Crippen LogP contribution in [0, 0.1) is 0 Å². The Kier molecular flexibility index (Phi) is 3.47. The Labute approximate surface area is 116 Å². The van der Waals surface area contributed by atoms with E-state index in [9.17, 15) is 23.1 Å². The lowest BCUT2D eigenvalue weighted by molar-refractivity contribution is -0.137. The van der Waals surface area contributed by atoms with E-state index in [2.05, 4.69) is 4.98 Å². The molecule has 1 aromatic carbocycles. The minimum absolute atomic E-state index is 0.00466. The number of aromatic hydroxyl groups is 1. The number of nitrogens with zero attached hydrogens (tertiary/aromatic N) is 2. The van der Waals surface area contributed by atoms with E-state index in [1.54, 1.807) is 0 Å². The molecule has 1 aromatic heterocycles. The van der Waals surface area contributed by atoms with Crippen LogP contribution < -0.4 is 5.56 Å². The summed E-state index contributed by atoms with van der Waals surface area (Å²) in [5, 5.41) is 8.76. The molecule has 0 fully saturated rings. The lowest BCUT2D eigenvalue weighted by Gasteiger charge is -2.12. The van der Waals surface area contributed by atoms with Crippen molar-refractivity contribution < 1.29 is 18.3 Å². The second-order valence-corrected chi connectivity index (χ2v) is 4.43. The highest BCUT2D eigenvalue weighted by Gasteiger charge is 2.33. The Morgan fingerprint density at radius 2 is 2.00 bits per heavy atom. The number of hydrogen-bond donors (Lipinski definition) is 1. The maximum atomic E-state index is 12.8. The number of alkyl halides is 3. The van der Waals surface area contributed by atoms with Gasteiger partial charge in [0, 0.05) is 12.6 Å². The number of rotatable bonds is 1. The molecule has 0 aliphatic rings. The lowest BCUT2D eigenvalue weighted by atomic mass is 10.1. The van der Waals surface area contributed by atoms with Gasteiger partial charge in [0.15, 0.2) is 5.75 Å². The summed E-state index contributed by atoms with van der Waals surface area (Å²) in [4.78, 5) is 15.3. The monoisotopic (exact) mass is 304 g/mol. The van der Waals surface area contributed by atoms with Crippen molar-refractivity contribution in [2.24, 2.45) is 7.05 Å². The molecule has 0 spiro atoms. The van der Waals surface area contributed by atoms with E-state index in [1.807, 2.05) is 0 Å². The summed E-state index contributed by atoms with van der Waals surface area (Å²) in [6.45, 7) is 0. The summed E-state index contributed by atoms with van der Waals surface area (Å²) in [6.07, 6.45) is -3.72. The minimum Gasteiger partial charge on any atom is -0.502 e. The van der Waals surface area contributed by atoms with Gasteiger partial charge < -0.3 is 5.11 Å². The molecule has 1 N–H and O–H groups in total. The summed E-state index contributed by atoms with van der Waals surface area (Å²) >= 11 is 5.52. The van der Waals surface area contributed by atoms with Gasteiger partial charge in [-0.3, -0.25) is 9.36 Å². The van der Waals surface area contributed by atoms with Gasteiger partial charge in [0.05, 0.1) is 16.8 Å². The van der Waals surface area contributed by atoms with Crippen LogP contribution in [0.15, 0.2) is 29.2 Å². The third-order valence-corrected chi connectivity index (χ3v) is 3.01. The van der Waals surface area contributed by atoms with Crippen molar-refractivity contribution >= 4 is 11.6 Å². The first-order valence-electron chi connectivity index (χ1n) is 5.34. The summed E-state index contributed by atoms with van der Waals surface area (Å²) in [7, 11) is 1.30. The summed E-state index contributed by atoms with van der Waals surface area (Å²) < 4.78 is 39.3. The molecule has 0 saturated carbocycles. The topological polar surface area (TPSA) is 55.1 Å². The fourth-order valence-corrected chi connectivity index (χ4v) is 1.91. The van der Waals surface area contributed by atoms with Crippen molar-refractivity contribution in [3.05, 3.63) is 45.3 Å². The van der Waals surface area contributed by atoms with Gasteiger partial charge in [0.25, 0.3) is 5.56 Å². The fraction of sp³-hybridized carbons (Fsp3) is 0.167. The first kappa shape index (κ1) is 14.4. The van der Waals surface area contributed by atoms with E-state index in [-0.39, 0.29) is 11.4 Å². The van der Waals surface area contributed by atoms with Gasteiger partial charge in [-0.25, -0.2) is 4.98 Å². The van der Waals surface area contributed by atoms with Crippen LogP contribution in [0.3, 0.4) is 0 Å². The van der Waals surface area contributed by atoms with Gasteiger partial charge in [-0.05, 0) is 18.2 Å². The average Bonchev–Trinajstić information content (AvgIpc) is 2.36. The summed E-state index contributed by atoms with van der Waals surface area (Å²) in [5.74, 6) is -0.587. The quantitative estimate of drug-likeness (QED) is 0.881. The molecule has 0 bridgehead atoms. The predicted molar refractivity (Wildman–Crippen MR) is 66.6 cm³/mol. The number of benzene rings is 1. The van der Waals surface area contributed by atoms with Crippen LogP contribution in [0.2, 0.25) is 5.02 Å². The van der Waals surface area contributed by atoms with Gasteiger partial charge in [0.1, 0.15) is 5.82 Å². The molecule has 0 aliphatic heterocycles. The van der Waals surface area contributed by atoms with Crippen LogP contribution in [0.4, 0.5) is 13.2 Å². The van der Waals surface area contributed by atoms with E-state index < -0.39 is 28.1 Å². The van der Waals surface area contributed by atoms with Crippen molar-refractivity contribution in [3.63, 3.8) is 0 Å². The van der Waals surface area contributed by atoms with Gasteiger partial charge >= 0.3 is 6.18 Å². The molecular formula is C12H8ClF3N2O2. The predicted octanol–water partition coefficient (Wildman–Crippen LogP) is 2.83. The van der Waals surface area contributed by atoms with Crippen LogP contribution >= 0.6 is 11.6 Å². The molecule has 20 heavy (non-hydrogen) atoms. The highest BCUT2D eigenvalue weighted by molar-refractivity contribution is 6.31. The van der Waals surface area contributed by atoms with Gasteiger partial charge in [0.2, 0.25) is 0 Å². The van der Waals surface area contributed by atoms with E-state index >= 15 is 0 Å². The van der Waals surface area contributed by atoms with Gasteiger partial charge in [-0.1, -0.05) is 11.6 Å². The van der Waals surface area contributed by atoms with Gasteiger partial charge in [-0.15, -0.1) is 0 Å². The molecule has 0 atom stereocenters. The normalized spacial score (nSPS) is 11.7. The summed E-state index contributed by atoms with van der Waals surface area (Å²) in [5.41, 5.74) is -1.70. The van der Waals surface area contributed by atoms with E-state index in [1.165, 1.54) is 13.1 Å². The lowest BCUT2D eigenvalue weighted by Crippen LogP contribution is -2.19. The molecule has 1 heterocycles. The maximum absolute atomic E-state index is 12.8. The Bertz CT molecular complexity index is 726. The highest BCUT2D eigenvalue weighted by atomic mass is 35.5. The molecule has 2 rings (SSSR count). The molecular weight excluding hydrogens is 297 g/mol. The number of hydrogen-bond acceptors (Lipinski definition) is 3. The minimum atomic E-state index is -4.61. The highest BCUT2D eigenvalue weighted by Crippen LogP contribution is 2.36. The first-order valence-corrected chi connectivity index (χ1v) is 5.71. The molecule has 0 amide bonds. The smallest absolute Gasteiger partial charge is 0.417 e. The zero-order valence-electron chi connectivity index (χ0n) is 10.1. The Balaban J connectivity index is 2.66. The Morgan fingerprint density at radius 3 is 2.60 bits per heavy atom.